The van der Waals surface area contributed by atoms with Crippen molar-refractivity contribution in [3.63, 3.8) is 0 Å². The first-order valence-corrected chi connectivity index (χ1v) is 8.95. The molecule has 138 valence electrons. The second-order valence-corrected chi connectivity index (χ2v) is 6.32. The van der Waals surface area contributed by atoms with Crippen molar-refractivity contribution in [3.05, 3.63) is 48.5 Å². The molecule has 3 rings (SSSR count). The van der Waals surface area contributed by atoms with E-state index in [1.54, 1.807) is 36.8 Å². The second-order valence-electron chi connectivity index (χ2n) is 6.32. The maximum atomic E-state index is 12.2. The van der Waals surface area contributed by atoms with Gasteiger partial charge in [0.1, 0.15) is 5.75 Å². The predicted octanol–water partition coefficient (Wildman–Crippen LogP) is 1.92. The van der Waals surface area contributed by atoms with E-state index in [0.717, 1.165) is 19.3 Å². The third-order valence-electron chi connectivity index (χ3n) is 4.57. The largest absolute Gasteiger partial charge is 0.494 e. The van der Waals surface area contributed by atoms with Crippen LogP contribution in [0.4, 0.5) is 0 Å². The summed E-state index contributed by atoms with van der Waals surface area (Å²) in [5, 5.41) is 5.69. The zero-order valence-electron chi connectivity index (χ0n) is 14.9. The van der Waals surface area contributed by atoms with E-state index in [4.69, 9.17) is 4.74 Å². The highest BCUT2D eigenvalue weighted by molar-refractivity contribution is 5.96. The van der Waals surface area contributed by atoms with Crippen LogP contribution in [0.3, 0.4) is 0 Å². The number of carbonyl (C=O) groups is 2. The van der Waals surface area contributed by atoms with Crippen LogP contribution in [0.2, 0.25) is 0 Å². The Hall–Kier alpha value is -2.83. The van der Waals surface area contributed by atoms with E-state index in [2.05, 4.69) is 15.6 Å². The number of rotatable bonds is 7. The van der Waals surface area contributed by atoms with Gasteiger partial charge in [-0.1, -0.05) is 0 Å². The van der Waals surface area contributed by atoms with Crippen molar-refractivity contribution >= 4 is 11.8 Å². The summed E-state index contributed by atoms with van der Waals surface area (Å²) in [6.07, 6.45) is 8.45. The number of hydrogen-bond donors (Lipinski definition) is 2. The first-order valence-electron chi connectivity index (χ1n) is 8.95. The highest BCUT2D eigenvalue weighted by Gasteiger charge is 2.29. The van der Waals surface area contributed by atoms with Crippen LogP contribution >= 0.6 is 0 Å². The van der Waals surface area contributed by atoms with E-state index in [1.807, 2.05) is 17.7 Å². The lowest BCUT2D eigenvalue weighted by atomic mass is 10.1. The molecule has 1 fully saturated rings. The fraction of sp³-hybridized carbons (Fsp3) is 0.421. The summed E-state index contributed by atoms with van der Waals surface area (Å²) in [6, 6.07) is 7.15. The molecular formula is C19H24N4O3. The molecule has 1 heterocycles. The second kappa shape index (κ2) is 8.51. The molecule has 0 spiro atoms. The monoisotopic (exact) mass is 356 g/mol. The van der Waals surface area contributed by atoms with Gasteiger partial charge in [-0.15, -0.1) is 0 Å². The number of aromatic nitrogens is 2. The SMILES string of the molecule is CCOc1ccc(C(=O)NCC(=O)NC2CCCC2n2ccnc2)cc1. The van der Waals surface area contributed by atoms with E-state index in [1.165, 1.54) is 0 Å². The van der Waals surface area contributed by atoms with Gasteiger partial charge in [0.2, 0.25) is 5.91 Å². The third kappa shape index (κ3) is 4.41. The van der Waals surface area contributed by atoms with Gasteiger partial charge >= 0.3 is 0 Å². The van der Waals surface area contributed by atoms with Gasteiger partial charge in [-0.25, -0.2) is 4.98 Å². The smallest absolute Gasteiger partial charge is 0.251 e. The number of amides is 2. The Morgan fingerprint density at radius 1 is 1.27 bits per heavy atom. The lowest BCUT2D eigenvalue weighted by Crippen LogP contribution is -2.43. The Bertz CT molecular complexity index is 728. The minimum atomic E-state index is -0.277. The number of ether oxygens (including phenoxy) is 1. The summed E-state index contributed by atoms with van der Waals surface area (Å²) in [6.45, 7) is 2.44. The standard InChI is InChI=1S/C19H24N4O3/c1-2-26-15-8-6-14(7-9-15)19(25)21-12-18(24)22-16-4-3-5-17(16)23-11-10-20-13-23/h6-11,13,16-17H,2-5,12H2,1H3,(H,21,25)(H,22,24). The number of benzene rings is 1. The van der Waals surface area contributed by atoms with E-state index >= 15 is 0 Å². The quantitative estimate of drug-likeness (QED) is 0.794. The van der Waals surface area contributed by atoms with Gasteiger partial charge in [-0.2, -0.15) is 0 Å². The minimum absolute atomic E-state index is 0.0425. The zero-order valence-corrected chi connectivity index (χ0v) is 14.9. The van der Waals surface area contributed by atoms with Crippen molar-refractivity contribution in [2.24, 2.45) is 0 Å². The molecule has 2 unspecified atom stereocenters. The normalized spacial score (nSPS) is 19.1. The Morgan fingerprint density at radius 2 is 2.08 bits per heavy atom. The molecule has 1 aromatic carbocycles. The summed E-state index contributed by atoms with van der Waals surface area (Å²) in [7, 11) is 0. The van der Waals surface area contributed by atoms with Gasteiger partial charge in [0.15, 0.2) is 0 Å². The van der Waals surface area contributed by atoms with Crippen LogP contribution in [-0.2, 0) is 4.79 Å². The summed E-state index contributed by atoms with van der Waals surface area (Å²) < 4.78 is 7.39. The number of nitrogens with one attached hydrogen (secondary N) is 2. The third-order valence-corrected chi connectivity index (χ3v) is 4.57. The molecule has 1 saturated carbocycles. The Morgan fingerprint density at radius 3 is 2.77 bits per heavy atom. The molecule has 2 aromatic rings. The van der Waals surface area contributed by atoms with Crippen LogP contribution in [0.15, 0.2) is 43.0 Å². The predicted molar refractivity (Wildman–Crippen MR) is 97.0 cm³/mol. The van der Waals surface area contributed by atoms with Crippen LogP contribution in [-0.4, -0.2) is 40.6 Å². The molecule has 1 aliphatic rings. The number of imidazole rings is 1. The van der Waals surface area contributed by atoms with Crippen LogP contribution < -0.4 is 15.4 Å². The molecule has 1 aromatic heterocycles. The Labute approximate surface area is 152 Å². The molecule has 0 radical (unpaired) electrons. The molecule has 26 heavy (non-hydrogen) atoms. The molecule has 0 aliphatic heterocycles. The topological polar surface area (TPSA) is 85.2 Å². The van der Waals surface area contributed by atoms with E-state index in [-0.39, 0.29) is 30.4 Å². The highest BCUT2D eigenvalue weighted by atomic mass is 16.5. The van der Waals surface area contributed by atoms with Gasteiger partial charge < -0.3 is 19.9 Å². The number of carbonyl (C=O) groups excluding carboxylic acids is 2. The first kappa shape index (κ1) is 18.0. The highest BCUT2D eigenvalue weighted by Crippen LogP contribution is 2.29. The van der Waals surface area contributed by atoms with Crippen molar-refractivity contribution in [2.45, 2.75) is 38.3 Å². The maximum absolute atomic E-state index is 12.2. The van der Waals surface area contributed by atoms with E-state index < -0.39 is 0 Å². The average molecular weight is 356 g/mol. The molecule has 0 bridgehead atoms. The van der Waals surface area contributed by atoms with Gasteiger partial charge in [0.25, 0.3) is 5.91 Å². The van der Waals surface area contributed by atoms with Crippen molar-refractivity contribution in [1.29, 1.82) is 0 Å². The maximum Gasteiger partial charge on any atom is 0.251 e. The number of hydrogen-bond acceptors (Lipinski definition) is 4. The lowest BCUT2D eigenvalue weighted by Gasteiger charge is -2.22. The van der Waals surface area contributed by atoms with Gasteiger partial charge in [0.05, 0.1) is 25.5 Å². The molecule has 2 amide bonds. The fourth-order valence-electron chi connectivity index (χ4n) is 3.32. The Kier molecular flexibility index (Phi) is 5.88. The van der Waals surface area contributed by atoms with Crippen molar-refractivity contribution in [3.8, 4) is 5.75 Å². The van der Waals surface area contributed by atoms with Crippen molar-refractivity contribution in [2.75, 3.05) is 13.2 Å². The first-order chi connectivity index (χ1) is 12.7. The summed E-state index contributed by atoms with van der Waals surface area (Å²) >= 11 is 0. The molecule has 7 nitrogen and oxygen atoms in total. The van der Waals surface area contributed by atoms with Gasteiger partial charge in [0, 0.05) is 24.0 Å². The number of nitrogens with zero attached hydrogens (tertiary/aromatic N) is 2. The van der Waals surface area contributed by atoms with Crippen LogP contribution in [0.1, 0.15) is 42.6 Å². The summed E-state index contributed by atoms with van der Waals surface area (Å²) in [5.74, 6) is 0.260. The minimum Gasteiger partial charge on any atom is -0.494 e. The van der Waals surface area contributed by atoms with Gasteiger partial charge in [-0.3, -0.25) is 9.59 Å². The molecule has 0 saturated heterocycles. The van der Waals surface area contributed by atoms with E-state index in [9.17, 15) is 9.59 Å². The van der Waals surface area contributed by atoms with Crippen molar-refractivity contribution < 1.29 is 14.3 Å². The molecular weight excluding hydrogens is 332 g/mol. The fourth-order valence-corrected chi connectivity index (χ4v) is 3.32. The summed E-state index contributed by atoms with van der Waals surface area (Å²) in [4.78, 5) is 28.5. The van der Waals surface area contributed by atoms with E-state index in [0.29, 0.717) is 17.9 Å². The Balaban J connectivity index is 1.48. The molecule has 2 N–H and O–H groups in total. The van der Waals surface area contributed by atoms with Crippen LogP contribution in [0.25, 0.3) is 0 Å². The van der Waals surface area contributed by atoms with Crippen molar-refractivity contribution in [1.82, 2.24) is 20.2 Å². The molecule has 1 aliphatic carbocycles. The summed E-state index contributed by atoms with van der Waals surface area (Å²) in [5.41, 5.74) is 0.499. The van der Waals surface area contributed by atoms with Gasteiger partial charge in [-0.05, 0) is 50.5 Å². The zero-order chi connectivity index (χ0) is 18.4. The lowest BCUT2D eigenvalue weighted by molar-refractivity contribution is -0.121. The van der Waals surface area contributed by atoms with Crippen LogP contribution in [0.5, 0.6) is 5.75 Å². The molecule has 2 atom stereocenters. The average Bonchev–Trinajstić information content (AvgIpc) is 3.32. The van der Waals surface area contributed by atoms with Crippen LogP contribution in [0, 0.1) is 0 Å². The molecule has 7 heteroatoms.